The van der Waals surface area contributed by atoms with E-state index in [0.29, 0.717) is 22.4 Å². The number of para-hydroxylation sites is 1. The van der Waals surface area contributed by atoms with Gasteiger partial charge in [-0.3, -0.25) is 9.69 Å². The van der Waals surface area contributed by atoms with Crippen LogP contribution in [0.25, 0.3) is 6.08 Å². The number of carbonyl (C=O) groups excluding carboxylic acids is 1. The van der Waals surface area contributed by atoms with Crippen LogP contribution < -0.4 is 4.74 Å². The fourth-order valence-electron chi connectivity index (χ4n) is 2.88. The maximum Gasteiger partial charge on any atom is 0.266 e. The zero-order valence-electron chi connectivity index (χ0n) is 15.8. The highest BCUT2D eigenvalue weighted by Crippen LogP contribution is 2.36. The molecule has 0 aliphatic carbocycles. The number of hydrogen-bond donors (Lipinski definition) is 1. The van der Waals surface area contributed by atoms with E-state index in [-0.39, 0.29) is 11.7 Å². The molecule has 3 rings (SSSR count). The Hall–Kier alpha value is -2.73. The summed E-state index contributed by atoms with van der Waals surface area (Å²) in [6, 6.07) is 11.0. The minimum absolute atomic E-state index is 0.0671. The first-order valence-corrected chi connectivity index (χ1v) is 9.49. The van der Waals surface area contributed by atoms with Gasteiger partial charge in [0.05, 0.1) is 17.7 Å². The average Bonchev–Trinajstić information content (AvgIpc) is 2.94. The summed E-state index contributed by atoms with van der Waals surface area (Å²) in [5, 5.41) is 10.4. The number of hydrogen-bond acceptors (Lipinski definition) is 5. The molecular formula is C21H22N2O3S. The molecule has 0 atom stereocenters. The maximum atomic E-state index is 12.8. The summed E-state index contributed by atoms with van der Waals surface area (Å²) in [6.07, 6.45) is 1.80. The third-order valence-electron chi connectivity index (χ3n) is 4.35. The summed E-state index contributed by atoms with van der Waals surface area (Å²) in [5.41, 5.74) is 3.84. The number of aliphatic imine (C=N–C) groups is 1. The summed E-state index contributed by atoms with van der Waals surface area (Å²) in [4.78, 5) is 19.9. The van der Waals surface area contributed by atoms with Gasteiger partial charge in [0.1, 0.15) is 0 Å². The number of benzene rings is 2. The van der Waals surface area contributed by atoms with Crippen LogP contribution in [-0.2, 0) is 4.79 Å². The summed E-state index contributed by atoms with van der Waals surface area (Å²) < 4.78 is 5.14. The van der Waals surface area contributed by atoms with Gasteiger partial charge in [-0.15, -0.1) is 0 Å². The predicted octanol–water partition coefficient (Wildman–Crippen LogP) is 4.64. The van der Waals surface area contributed by atoms with Crippen molar-refractivity contribution in [1.82, 2.24) is 4.90 Å². The number of methoxy groups -OCH3 is 1. The fraction of sp³-hybridized carbons (Fsp3) is 0.238. The molecule has 0 aromatic heterocycles. The van der Waals surface area contributed by atoms with E-state index in [1.165, 1.54) is 18.9 Å². The molecule has 6 heteroatoms. The number of likely N-dealkylation sites (N-methyl/N-ethyl adjacent to an activating group) is 1. The van der Waals surface area contributed by atoms with Gasteiger partial charge in [-0.1, -0.05) is 24.3 Å². The van der Waals surface area contributed by atoms with E-state index in [1.54, 1.807) is 29.2 Å². The van der Waals surface area contributed by atoms with Crippen LogP contribution in [0.15, 0.2) is 46.3 Å². The topological polar surface area (TPSA) is 62.1 Å². The van der Waals surface area contributed by atoms with Crippen molar-refractivity contribution >= 4 is 34.6 Å². The van der Waals surface area contributed by atoms with E-state index < -0.39 is 0 Å². The van der Waals surface area contributed by atoms with Gasteiger partial charge in [0.25, 0.3) is 5.91 Å². The SMILES string of the molecule is CCN1C(=O)/C(=C\c2ccc(O)c(OC)c2)SC1=Nc1c(C)cccc1C. The normalized spacial score (nSPS) is 17.2. The fourth-order valence-corrected chi connectivity index (χ4v) is 3.93. The Morgan fingerprint density at radius 2 is 1.93 bits per heavy atom. The molecule has 0 unspecified atom stereocenters. The number of rotatable bonds is 4. The lowest BCUT2D eigenvalue weighted by atomic mass is 10.1. The van der Waals surface area contributed by atoms with E-state index in [1.807, 2.05) is 39.0 Å². The van der Waals surface area contributed by atoms with Crippen LogP contribution in [0.5, 0.6) is 11.5 Å². The summed E-state index contributed by atoms with van der Waals surface area (Å²) in [6.45, 7) is 6.52. The van der Waals surface area contributed by atoms with Gasteiger partial charge in [-0.25, -0.2) is 4.99 Å². The second-order valence-electron chi connectivity index (χ2n) is 6.23. The van der Waals surface area contributed by atoms with Gasteiger partial charge in [0.15, 0.2) is 16.7 Å². The van der Waals surface area contributed by atoms with Gasteiger partial charge in [-0.05, 0) is 67.4 Å². The minimum Gasteiger partial charge on any atom is -0.504 e. The quantitative estimate of drug-likeness (QED) is 0.783. The smallest absolute Gasteiger partial charge is 0.266 e. The van der Waals surface area contributed by atoms with Crippen LogP contribution in [0.3, 0.4) is 0 Å². The van der Waals surface area contributed by atoms with Crippen LogP contribution in [0.1, 0.15) is 23.6 Å². The number of carbonyl (C=O) groups is 1. The Kier molecular flexibility index (Phi) is 5.56. The molecule has 27 heavy (non-hydrogen) atoms. The van der Waals surface area contributed by atoms with Crippen LogP contribution >= 0.6 is 11.8 Å². The number of amidine groups is 1. The van der Waals surface area contributed by atoms with E-state index in [9.17, 15) is 9.90 Å². The van der Waals surface area contributed by atoms with Gasteiger partial charge in [0, 0.05) is 6.54 Å². The van der Waals surface area contributed by atoms with E-state index in [0.717, 1.165) is 22.4 Å². The first-order chi connectivity index (χ1) is 12.9. The number of phenols is 1. The molecule has 2 aromatic carbocycles. The summed E-state index contributed by atoms with van der Waals surface area (Å²) >= 11 is 1.36. The van der Waals surface area contributed by atoms with Crippen molar-refractivity contribution in [1.29, 1.82) is 0 Å². The Bertz CT molecular complexity index is 930. The number of aryl methyl sites for hydroxylation is 2. The average molecular weight is 382 g/mol. The highest BCUT2D eigenvalue weighted by Gasteiger charge is 2.32. The first kappa shape index (κ1) is 19.0. The monoisotopic (exact) mass is 382 g/mol. The molecule has 1 aliphatic rings. The molecule has 0 spiro atoms. The Labute approximate surface area is 163 Å². The molecule has 1 heterocycles. The number of ether oxygens (including phenoxy) is 1. The van der Waals surface area contributed by atoms with Crippen LogP contribution in [0.4, 0.5) is 5.69 Å². The number of nitrogens with zero attached hydrogens (tertiary/aromatic N) is 2. The molecular weight excluding hydrogens is 360 g/mol. The molecule has 140 valence electrons. The highest BCUT2D eigenvalue weighted by molar-refractivity contribution is 8.18. The van der Waals surface area contributed by atoms with Crippen LogP contribution in [-0.4, -0.2) is 34.7 Å². The molecule has 1 aliphatic heterocycles. The lowest BCUT2D eigenvalue weighted by Gasteiger charge is -2.13. The Balaban J connectivity index is 1.99. The van der Waals surface area contributed by atoms with Gasteiger partial charge >= 0.3 is 0 Å². The zero-order chi connectivity index (χ0) is 19.6. The second-order valence-corrected chi connectivity index (χ2v) is 7.24. The third-order valence-corrected chi connectivity index (χ3v) is 5.36. The van der Waals surface area contributed by atoms with Crippen molar-refractivity contribution < 1.29 is 14.6 Å². The lowest BCUT2D eigenvalue weighted by Crippen LogP contribution is -2.28. The number of phenolic OH excluding ortho intramolecular Hbond substituents is 1. The lowest BCUT2D eigenvalue weighted by molar-refractivity contribution is -0.122. The van der Waals surface area contributed by atoms with E-state index in [4.69, 9.17) is 9.73 Å². The third kappa shape index (κ3) is 3.85. The number of aromatic hydroxyl groups is 1. The molecule has 1 N–H and O–H groups in total. The molecule has 1 saturated heterocycles. The molecule has 0 saturated carbocycles. The summed E-state index contributed by atoms with van der Waals surface area (Å²) in [5.74, 6) is 0.369. The van der Waals surface area contributed by atoms with E-state index in [2.05, 4.69) is 0 Å². The standard InChI is InChI=1S/C21H22N2O3S/c1-5-23-20(25)18(12-15-9-10-16(24)17(11-15)26-4)27-21(23)22-19-13(2)7-6-8-14(19)3/h6-12,24H,5H2,1-4H3/b18-12+,22-21?. The highest BCUT2D eigenvalue weighted by atomic mass is 32.2. The largest absolute Gasteiger partial charge is 0.504 e. The molecule has 2 aromatic rings. The van der Waals surface area contributed by atoms with Crippen molar-refractivity contribution in [3.63, 3.8) is 0 Å². The predicted molar refractivity (Wildman–Crippen MR) is 111 cm³/mol. The minimum atomic E-state index is -0.0699. The van der Waals surface area contributed by atoms with Crippen molar-refractivity contribution in [2.24, 2.45) is 4.99 Å². The first-order valence-electron chi connectivity index (χ1n) is 8.68. The maximum absolute atomic E-state index is 12.8. The van der Waals surface area contributed by atoms with Gasteiger partial charge in [-0.2, -0.15) is 0 Å². The van der Waals surface area contributed by atoms with Gasteiger partial charge < -0.3 is 9.84 Å². The Morgan fingerprint density at radius 1 is 1.22 bits per heavy atom. The molecule has 1 fully saturated rings. The van der Waals surface area contributed by atoms with Crippen molar-refractivity contribution in [3.05, 3.63) is 58.0 Å². The Morgan fingerprint density at radius 3 is 2.56 bits per heavy atom. The van der Waals surface area contributed by atoms with Crippen molar-refractivity contribution in [3.8, 4) is 11.5 Å². The number of amides is 1. The molecule has 0 radical (unpaired) electrons. The second kappa shape index (κ2) is 7.88. The molecule has 0 bridgehead atoms. The number of thioether (sulfide) groups is 1. The molecule has 1 amide bonds. The zero-order valence-corrected chi connectivity index (χ0v) is 16.6. The summed E-state index contributed by atoms with van der Waals surface area (Å²) in [7, 11) is 1.50. The van der Waals surface area contributed by atoms with Crippen molar-refractivity contribution in [2.75, 3.05) is 13.7 Å². The van der Waals surface area contributed by atoms with Crippen LogP contribution in [0.2, 0.25) is 0 Å². The van der Waals surface area contributed by atoms with E-state index >= 15 is 0 Å². The van der Waals surface area contributed by atoms with Crippen LogP contribution in [0, 0.1) is 13.8 Å². The van der Waals surface area contributed by atoms with Gasteiger partial charge in [0.2, 0.25) is 0 Å². The van der Waals surface area contributed by atoms with Crippen molar-refractivity contribution in [2.45, 2.75) is 20.8 Å². The molecule has 5 nitrogen and oxygen atoms in total.